The number of aliphatic hydroxyl groups excluding tert-OH is 3. The predicted octanol–water partition coefficient (Wildman–Crippen LogP) is 1.36. The van der Waals surface area contributed by atoms with Gasteiger partial charge in [0.25, 0.3) is 0 Å². The number of Topliss-reactive ketones (excluding diaryl/α,β-unsaturated/α-hetero) is 2. The molecule has 4 N–H and O–H groups in total. The van der Waals surface area contributed by atoms with Crippen molar-refractivity contribution in [1.82, 2.24) is 0 Å². The molecule has 4 aliphatic carbocycles. The van der Waals surface area contributed by atoms with Gasteiger partial charge in [-0.2, -0.15) is 5.26 Å². The maximum absolute atomic E-state index is 13.4. The number of carbonyl (C=O) groups excluding carboxylic acids is 2. The molecule has 0 saturated heterocycles. The third kappa shape index (κ3) is 3.33. The van der Waals surface area contributed by atoms with E-state index in [1.165, 1.54) is 6.07 Å². The molecule has 0 aromatic heterocycles. The van der Waals surface area contributed by atoms with Crippen molar-refractivity contribution in [2.45, 2.75) is 76.9 Å². The monoisotopic (exact) mass is 421 g/mol. The van der Waals surface area contributed by atoms with Crippen molar-refractivity contribution in [2.75, 3.05) is 13.2 Å². The van der Waals surface area contributed by atoms with Crippen LogP contribution in [0.2, 0.25) is 0 Å². The molecule has 0 heterocycles. The minimum absolute atomic E-state index is 0.0154. The van der Waals surface area contributed by atoms with Crippen LogP contribution in [0.15, 0.2) is 0 Å². The number of carbonyl (C=O) groups is 2. The Morgan fingerprint density at radius 1 is 1.17 bits per heavy atom. The first-order valence-electron chi connectivity index (χ1n) is 11.1. The number of rotatable bonds is 2. The van der Waals surface area contributed by atoms with Crippen LogP contribution in [0.5, 0.6) is 0 Å². The number of nitrogens with zero attached hydrogens (tertiary/aromatic N) is 1. The maximum Gasteiger partial charge on any atom is 0.190 e. The molecule has 0 unspecified atom stereocenters. The first-order chi connectivity index (χ1) is 14.1. The third-order valence-electron chi connectivity index (χ3n) is 9.15. The normalized spacial score (nSPS) is 47.1. The number of aliphatic hydroxyl groups is 4. The van der Waals surface area contributed by atoms with Crippen LogP contribution in [0, 0.1) is 45.8 Å². The minimum Gasteiger partial charge on any atom is -0.393 e. The Labute approximate surface area is 178 Å². The molecule has 4 saturated carbocycles. The van der Waals surface area contributed by atoms with Gasteiger partial charge in [-0.05, 0) is 68.1 Å². The van der Waals surface area contributed by atoms with Crippen LogP contribution in [-0.2, 0) is 9.59 Å². The zero-order valence-electron chi connectivity index (χ0n) is 18.0. The average molecular weight is 422 g/mol. The minimum atomic E-state index is -1.58. The van der Waals surface area contributed by atoms with Crippen LogP contribution in [0.1, 0.15) is 65.2 Å². The fourth-order valence-electron chi connectivity index (χ4n) is 7.64. The van der Waals surface area contributed by atoms with Crippen molar-refractivity contribution < 1.29 is 30.0 Å². The smallest absolute Gasteiger partial charge is 0.190 e. The van der Waals surface area contributed by atoms with Gasteiger partial charge >= 0.3 is 0 Å². The highest BCUT2D eigenvalue weighted by Crippen LogP contribution is 2.67. The molecule has 4 rings (SSSR count). The molecule has 0 spiro atoms. The van der Waals surface area contributed by atoms with Crippen molar-refractivity contribution >= 4 is 11.6 Å². The van der Waals surface area contributed by atoms with Crippen LogP contribution in [0.4, 0.5) is 0 Å². The summed E-state index contributed by atoms with van der Waals surface area (Å²) in [5.41, 5.74) is -2.40. The van der Waals surface area contributed by atoms with Gasteiger partial charge in [-0.3, -0.25) is 9.59 Å². The Morgan fingerprint density at radius 2 is 1.83 bits per heavy atom. The summed E-state index contributed by atoms with van der Waals surface area (Å²) in [7, 11) is 0. The number of fused-ring (bicyclic) bond motifs is 5. The Balaban J connectivity index is 0.000000589. The van der Waals surface area contributed by atoms with E-state index in [0.717, 1.165) is 38.5 Å². The van der Waals surface area contributed by atoms with Gasteiger partial charge in [0.05, 0.1) is 12.2 Å². The first kappa shape index (κ1) is 23.3. The van der Waals surface area contributed by atoms with E-state index in [0.29, 0.717) is 12.3 Å². The molecule has 0 bridgehead atoms. The van der Waals surface area contributed by atoms with Crippen molar-refractivity contribution in [2.24, 2.45) is 34.5 Å². The van der Waals surface area contributed by atoms with Crippen LogP contribution in [0.3, 0.4) is 0 Å². The van der Waals surface area contributed by atoms with E-state index in [9.17, 15) is 24.9 Å². The Hall–Kier alpha value is -1.33. The lowest BCUT2D eigenvalue weighted by Crippen LogP contribution is -2.62. The van der Waals surface area contributed by atoms with E-state index in [1.807, 2.05) is 6.92 Å². The summed E-state index contributed by atoms with van der Waals surface area (Å²) in [6, 6.07) is 1.49. The largest absolute Gasteiger partial charge is 0.393 e. The molecule has 7 nitrogen and oxygen atoms in total. The summed E-state index contributed by atoms with van der Waals surface area (Å²) < 4.78 is 0. The van der Waals surface area contributed by atoms with E-state index in [4.69, 9.17) is 10.4 Å². The fourth-order valence-corrected chi connectivity index (χ4v) is 7.64. The standard InChI is InChI=1S/C21H32O5.C2H3NO/c1-19-7-5-13(23)9-12(19)3-4-14-15-6-8-21(26,17(25)11-22)20(15,2)10-16(24)18(14)19;3-1-2-4/h12-15,18,22-23,26H,3-11H2,1-2H3;4H,2H2/t12-,13-,14+,15+,18-,19+,20+,21+;/m1./s1. The number of ketones is 2. The summed E-state index contributed by atoms with van der Waals surface area (Å²) in [6.07, 6.45) is 5.47. The van der Waals surface area contributed by atoms with Gasteiger partial charge in [0.1, 0.15) is 24.6 Å². The molecule has 7 heteroatoms. The summed E-state index contributed by atoms with van der Waals surface area (Å²) in [4.78, 5) is 25.7. The van der Waals surface area contributed by atoms with Crippen LogP contribution in [-0.4, -0.2) is 56.9 Å². The van der Waals surface area contributed by atoms with Crippen molar-refractivity contribution in [3.63, 3.8) is 0 Å². The van der Waals surface area contributed by atoms with Gasteiger partial charge < -0.3 is 20.4 Å². The summed E-state index contributed by atoms with van der Waals surface area (Å²) in [5.74, 6) is 0.380. The van der Waals surface area contributed by atoms with E-state index < -0.39 is 23.4 Å². The fraction of sp³-hybridized carbons (Fsp3) is 0.870. The van der Waals surface area contributed by atoms with E-state index >= 15 is 0 Å². The third-order valence-corrected chi connectivity index (χ3v) is 9.15. The molecule has 0 aliphatic heterocycles. The highest BCUT2D eigenvalue weighted by atomic mass is 16.3. The Morgan fingerprint density at radius 3 is 2.43 bits per heavy atom. The van der Waals surface area contributed by atoms with Gasteiger partial charge in [-0.1, -0.05) is 13.8 Å². The van der Waals surface area contributed by atoms with Crippen molar-refractivity contribution in [3.05, 3.63) is 0 Å². The summed E-state index contributed by atoms with van der Waals surface area (Å²) >= 11 is 0. The molecule has 0 radical (unpaired) electrons. The van der Waals surface area contributed by atoms with Gasteiger partial charge in [0.15, 0.2) is 5.78 Å². The lowest BCUT2D eigenvalue weighted by Gasteiger charge is -2.60. The molecule has 8 atom stereocenters. The lowest BCUT2D eigenvalue weighted by atomic mass is 9.44. The maximum atomic E-state index is 13.4. The van der Waals surface area contributed by atoms with E-state index in [-0.39, 0.29) is 48.1 Å². The van der Waals surface area contributed by atoms with Crippen LogP contribution in [0.25, 0.3) is 0 Å². The molecule has 0 aromatic rings. The summed E-state index contributed by atoms with van der Waals surface area (Å²) in [5, 5.41) is 45.5. The number of nitriles is 1. The van der Waals surface area contributed by atoms with E-state index in [2.05, 4.69) is 6.92 Å². The number of hydrogen-bond acceptors (Lipinski definition) is 7. The molecule has 4 aliphatic rings. The molecule has 0 amide bonds. The Bertz CT molecular complexity index is 734. The van der Waals surface area contributed by atoms with Crippen molar-refractivity contribution in [1.29, 1.82) is 5.26 Å². The molecule has 30 heavy (non-hydrogen) atoms. The SMILES string of the molecule is C[C@]12CC[C@@H](O)C[C@H]1CC[C@@H]1[C@@H]2C(=O)C[C@@]2(C)[C@H]1CC[C@]2(O)C(=O)CO.N#CCO. The average Bonchev–Trinajstić information content (AvgIpc) is 2.99. The lowest BCUT2D eigenvalue weighted by molar-refractivity contribution is -0.180. The quantitative estimate of drug-likeness (QED) is 0.494. The second kappa shape index (κ2) is 8.31. The van der Waals surface area contributed by atoms with Crippen LogP contribution >= 0.6 is 0 Å². The zero-order chi connectivity index (χ0) is 22.3. The zero-order valence-corrected chi connectivity index (χ0v) is 18.0. The van der Waals surface area contributed by atoms with Gasteiger partial charge in [-0.25, -0.2) is 0 Å². The molecule has 168 valence electrons. The first-order valence-corrected chi connectivity index (χ1v) is 11.1. The highest BCUT2D eigenvalue weighted by molar-refractivity contribution is 5.92. The van der Waals surface area contributed by atoms with Gasteiger partial charge in [0, 0.05) is 17.8 Å². The molecular weight excluding hydrogens is 386 g/mol. The van der Waals surface area contributed by atoms with Gasteiger partial charge in [0.2, 0.25) is 0 Å². The molecule has 0 aromatic carbocycles. The summed E-state index contributed by atoms with van der Waals surface area (Å²) in [6.45, 7) is 3.09. The second-order valence-electron chi connectivity index (χ2n) is 10.3. The predicted molar refractivity (Wildman–Crippen MR) is 108 cm³/mol. The molecule has 4 fully saturated rings. The van der Waals surface area contributed by atoms with Crippen molar-refractivity contribution in [3.8, 4) is 6.07 Å². The van der Waals surface area contributed by atoms with Crippen LogP contribution < -0.4 is 0 Å². The topological polar surface area (TPSA) is 139 Å². The Kier molecular flexibility index (Phi) is 6.46. The number of hydrogen-bond donors (Lipinski definition) is 4. The second-order valence-corrected chi connectivity index (χ2v) is 10.3. The van der Waals surface area contributed by atoms with E-state index in [1.54, 1.807) is 0 Å². The highest BCUT2D eigenvalue weighted by Gasteiger charge is 2.68. The van der Waals surface area contributed by atoms with Gasteiger partial charge in [-0.15, -0.1) is 0 Å². The molecular formula is C23H35NO6.